The highest BCUT2D eigenvalue weighted by Crippen LogP contribution is 2.29. The number of aromatic nitrogens is 2. The fourth-order valence-corrected chi connectivity index (χ4v) is 3.79. The van der Waals surface area contributed by atoms with E-state index in [0.29, 0.717) is 30.3 Å². The van der Waals surface area contributed by atoms with Crippen molar-refractivity contribution < 1.29 is 9.59 Å². The Morgan fingerprint density at radius 3 is 2.75 bits per heavy atom. The molecule has 2 amide bonds. The number of aromatic amines is 1. The number of nitrogens with one attached hydrogen (secondary N) is 1. The number of amides is 2. The van der Waals surface area contributed by atoms with Crippen LogP contribution in [0.5, 0.6) is 0 Å². The van der Waals surface area contributed by atoms with Crippen molar-refractivity contribution >= 4 is 11.8 Å². The fourth-order valence-electron chi connectivity index (χ4n) is 3.79. The van der Waals surface area contributed by atoms with Gasteiger partial charge in [-0.2, -0.15) is 0 Å². The Bertz CT molecular complexity index is 729. The summed E-state index contributed by atoms with van der Waals surface area (Å²) in [5, 5.41) is 0. The van der Waals surface area contributed by atoms with E-state index in [-0.39, 0.29) is 17.9 Å². The van der Waals surface area contributed by atoms with Gasteiger partial charge in [0.1, 0.15) is 5.69 Å². The molecule has 5 rings (SSSR count). The van der Waals surface area contributed by atoms with Crippen molar-refractivity contribution in [2.24, 2.45) is 5.92 Å². The Labute approximate surface area is 140 Å². The van der Waals surface area contributed by atoms with Gasteiger partial charge in [0.15, 0.2) is 0 Å². The highest BCUT2D eigenvalue weighted by atomic mass is 16.2. The monoisotopic (exact) mass is 324 g/mol. The number of carbonyl (C=O) groups is 2. The van der Waals surface area contributed by atoms with Crippen molar-refractivity contribution in [3.05, 3.63) is 54.1 Å². The predicted molar refractivity (Wildman–Crippen MR) is 88.5 cm³/mol. The van der Waals surface area contributed by atoms with Crippen LogP contribution in [0.15, 0.2) is 42.9 Å². The Morgan fingerprint density at radius 1 is 1.08 bits per heavy atom. The quantitative estimate of drug-likeness (QED) is 0.915. The van der Waals surface area contributed by atoms with Crippen LogP contribution in [-0.4, -0.2) is 57.3 Å². The summed E-state index contributed by atoms with van der Waals surface area (Å²) in [4.78, 5) is 36.3. The molecular weight excluding hydrogens is 304 g/mol. The molecule has 3 aliphatic rings. The third-order valence-electron chi connectivity index (χ3n) is 5.00. The molecule has 3 saturated heterocycles. The minimum atomic E-state index is 0.00849. The third-order valence-corrected chi connectivity index (χ3v) is 5.00. The maximum Gasteiger partial charge on any atom is 0.270 e. The van der Waals surface area contributed by atoms with Gasteiger partial charge < -0.3 is 14.8 Å². The number of fused-ring (bicyclic) bond motifs is 4. The minimum Gasteiger partial charge on any atom is -0.357 e. The van der Waals surface area contributed by atoms with Gasteiger partial charge in [-0.05, 0) is 43.0 Å². The predicted octanol–water partition coefficient (Wildman–Crippen LogP) is 1.79. The molecule has 2 bridgehead atoms. The molecule has 0 aromatic carbocycles. The summed E-state index contributed by atoms with van der Waals surface area (Å²) >= 11 is 0. The minimum absolute atomic E-state index is 0.00849. The molecule has 24 heavy (non-hydrogen) atoms. The van der Waals surface area contributed by atoms with Crippen molar-refractivity contribution in [3.8, 4) is 0 Å². The van der Waals surface area contributed by atoms with E-state index >= 15 is 0 Å². The number of rotatable bonds is 2. The molecule has 124 valence electrons. The first kappa shape index (κ1) is 14.9. The molecule has 2 aromatic heterocycles. The summed E-state index contributed by atoms with van der Waals surface area (Å²) in [6.07, 6.45) is 7.06. The van der Waals surface area contributed by atoms with E-state index in [4.69, 9.17) is 0 Å². The van der Waals surface area contributed by atoms with E-state index in [1.807, 2.05) is 15.9 Å². The summed E-state index contributed by atoms with van der Waals surface area (Å²) in [6, 6.07) is 7.30. The van der Waals surface area contributed by atoms with Crippen LogP contribution >= 0.6 is 0 Å². The first-order valence-corrected chi connectivity index (χ1v) is 8.36. The van der Waals surface area contributed by atoms with E-state index in [0.717, 1.165) is 19.4 Å². The van der Waals surface area contributed by atoms with Gasteiger partial charge >= 0.3 is 0 Å². The Morgan fingerprint density at radius 2 is 2.00 bits per heavy atom. The number of pyridine rings is 1. The topological polar surface area (TPSA) is 69.3 Å². The van der Waals surface area contributed by atoms with Gasteiger partial charge in [-0.15, -0.1) is 0 Å². The van der Waals surface area contributed by atoms with Crippen LogP contribution in [0.3, 0.4) is 0 Å². The van der Waals surface area contributed by atoms with Gasteiger partial charge in [0.2, 0.25) is 0 Å². The van der Waals surface area contributed by atoms with Gasteiger partial charge in [-0.3, -0.25) is 14.6 Å². The molecule has 3 aliphatic heterocycles. The number of nitrogens with zero attached hydrogens (tertiary/aromatic N) is 3. The number of carbonyl (C=O) groups excluding carboxylic acids is 2. The lowest BCUT2D eigenvalue weighted by atomic mass is 9.95. The lowest BCUT2D eigenvalue weighted by molar-refractivity contribution is 0.0569. The molecule has 6 nitrogen and oxygen atoms in total. The van der Waals surface area contributed by atoms with Crippen molar-refractivity contribution in [3.63, 3.8) is 0 Å². The van der Waals surface area contributed by atoms with E-state index in [2.05, 4.69) is 9.97 Å². The van der Waals surface area contributed by atoms with Gasteiger partial charge in [0, 0.05) is 44.3 Å². The summed E-state index contributed by atoms with van der Waals surface area (Å²) in [6.45, 7) is 2.02. The lowest BCUT2D eigenvalue weighted by Gasteiger charge is -2.35. The summed E-state index contributed by atoms with van der Waals surface area (Å²) in [7, 11) is 0. The van der Waals surface area contributed by atoms with Crippen LogP contribution in [0.4, 0.5) is 0 Å². The van der Waals surface area contributed by atoms with Crippen molar-refractivity contribution in [2.45, 2.75) is 18.9 Å². The van der Waals surface area contributed by atoms with E-state index in [9.17, 15) is 9.59 Å². The number of hydrogen-bond donors (Lipinski definition) is 1. The van der Waals surface area contributed by atoms with Crippen molar-refractivity contribution in [1.29, 1.82) is 0 Å². The number of H-pyrrole nitrogens is 1. The van der Waals surface area contributed by atoms with Gasteiger partial charge in [-0.25, -0.2) is 0 Å². The van der Waals surface area contributed by atoms with Crippen LogP contribution in [0.25, 0.3) is 0 Å². The summed E-state index contributed by atoms with van der Waals surface area (Å²) < 4.78 is 0. The highest BCUT2D eigenvalue weighted by Gasteiger charge is 2.39. The molecule has 0 saturated carbocycles. The average Bonchev–Trinajstić information content (AvgIpc) is 3.01. The largest absolute Gasteiger partial charge is 0.357 e. The molecule has 3 fully saturated rings. The van der Waals surface area contributed by atoms with Crippen LogP contribution in [0.2, 0.25) is 0 Å². The van der Waals surface area contributed by atoms with Crippen molar-refractivity contribution in [1.82, 2.24) is 19.8 Å². The molecule has 1 N–H and O–H groups in total. The maximum absolute atomic E-state index is 12.8. The summed E-state index contributed by atoms with van der Waals surface area (Å²) in [5.41, 5.74) is 1.23. The van der Waals surface area contributed by atoms with Crippen LogP contribution < -0.4 is 0 Å². The number of piperidine rings is 1. The SMILES string of the molecule is O=C(c1cccnc1)N1C[C@@H]2CC[C@H](C1)N(C(=O)c1ccc[nH]1)C2. The summed E-state index contributed by atoms with van der Waals surface area (Å²) in [5.74, 6) is 0.378. The first-order valence-electron chi connectivity index (χ1n) is 8.36. The van der Waals surface area contributed by atoms with E-state index < -0.39 is 0 Å². The van der Waals surface area contributed by atoms with Crippen molar-refractivity contribution in [2.75, 3.05) is 19.6 Å². The first-order chi connectivity index (χ1) is 11.7. The maximum atomic E-state index is 12.8. The Hall–Kier alpha value is -2.63. The molecule has 5 heterocycles. The fraction of sp³-hybridized carbons (Fsp3) is 0.389. The van der Waals surface area contributed by atoms with Crippen LogP contribution in [0, 0.1) is 5.92 Å². The number of hydrogen-bond acceptors (Lipinski definition) is 3. The van der Waals surface area contributed by atoms with Gasteiger partial charge in [0.25, 0.3) is 11.8 Å². The zero-order valence-electron chi connectivity index (χ0n) is 13.4. The molecule has 0 radical (unpaired) electrons. The molecule has 0 aliphatic carbocycles. The second kappa shape index (κ2) is 6.11. The van der Waals surface area contributed by atoms with E-state index in [1.165, 1.54) is 0 Å². The lowest BCUT2D eigenvalue weighted by Crippen LogP contribution is -2.47. The second-order valence-corrected chi connectivity index (χ2v) is 6.59. The average molecular weight is 324 g/mol. The molecule has 0 spiro atoms. The Balaban J connectivity index is 1.55. The molecular formula is C18H20N4O2. The highest BCUT2D eigenvalue weighted by molar-refractivity contribution is 5.95. The zero-order chi connectivity index (χ0) is 16.5. The van der Waals surface area contributed by atoms with Gasteiger partial charge in [-0.1, -0.05) is 0 Å². The smallest absolute Gasteiger partial charge is 0.270 e. The normalized spacial score (nSPS) is 23.2. The third kappa shape index (κ3) is 2.68. The Kier molecular flexibility index (Phi) is 3.80. The molecule has 6 heteroatoms. The molecule has 0 unspecified atom stereocenters. The van der Waals surface area contributed by atoms with Crippen LogP contribution in [0.1, 0.15) is 33.7 Å². The van der Waals surface area contributed by atoms with Crippen LogP contribution in [-0.2, 0) is 0 Å². The zero-order valence-corrected chi connectivity index (χ0v) is 13.4. The standard InChI is InChI=1S/C18H20N4O2/c23-17(14-3-1-7-19-9-14)21-10-13-5-6-15(12-21)22(11-13)18(24)16-4-2-8-20-16/h1-4,7-9,13,15,20H,5-6,10-12H2/t13-,15+/m0/s1. The van der Waals surface area contributed by atoms with Gasteiger partial charge in [0.05, 0.1) is 5.56 Å². The molecule has 2 atom stereocenters. The molecule has 2 aromatic rings. The van der Waals surface area contributed by atoms with E-state index in [1.54, 1.807) is 36.8 Å². The second-order valence-electron chi connectivity index (χ2n) is 6.59.